The third kappa shape index (κ3) is 3.85. The lowest BCUT2D eigenvalue weighted by Crippen LogP contribution is -2.21. The van der Waals surface area contributed by atoms with Crippen LogP contribution in [0.5, 0.6) is 5.75 Å². The molecule has 1 aromatic heterocycles. The third-order valence-corrected chi connectivity index (χ3v) is 4.93. The number of thioether (sulfide) groups is 1. The Morgan fingerprint density at radius 1 is 1.39 bits per heavy atom. The van der Waals surface area contributed by atoms with Gasteiger partial charge in [-0.15, -0.1) is 10.2 Å². The van der Waals surface area contributed by atoms with Gasteiger partial charge in [-0.05, 0) is 31.4 Å². The SMILES string of the molecule is COc1cccc(-n2c(CN)nnc2SC[C@H]2CCCCO2)c1. The van der Waals surface area contributed by atoms with E-state index in [-0.39, 0.29) is 0 Å². The molecule has 0 bridgehead atoms. The van der Waals surface area contributed by atoms with Gasteiger partial charge in [0.05, 0.1) is 25.4 Å². The van der Waals surface area contributed by atoms with Crippen molar-refractivity contribution in [2.75, 3.05) is 19.5 Å². The van der Waals surface area contributed by atoms with Crippen molar-refractivity contribution in [1.82, 2.24) is 14.8 Å². The van der Waals surface area contributed by atoms with Crippen molar-refractivity contribution < 1.29 is 9.47 Å². The lowest BCUT2D eigenvalue weighted by molar-refractivity contribution is 0.0315. The highest BCUT2D eigenvalue weighted by Crippen LogP contribution is 2.27. The minimum absolute atomic E-state index is 0.297. The minimum Gasteiger partial charge on any atom is -0.497 e. The molecule has 1 fully saturated rings. The zero-order chi connectivity index (χ0) is 16.1. The summed E-state index contributed by atoms with van der Waals surface area (Å²) in [5.41, 5.74) is 6.78. The number of hydrogen-bond donors (Lipinski definition) is 1. The first-order valence-corrected chi connectivity index (χ1v) is 8.83. The first kappa shape index (κ1) is 16.3. The molecule has 0 spiro atoms. The van der Waals surface area contributed by atoms with Gasteiger partial charge in [0.25, 0.3) is 0 Å². The van der Waals surface area contributed by atoms with Gasteiger partial charge in [-0.3, -0.25) is 4.57 Å². The van der Waals surface area contributed by atoms with Gasteiger partial charge in [0.15, 0.2) is 11.0 Å². The van der Waals surface area contributed by atoms with Crippen molar-refractivity contribution in [1.29, 1.82) is 0 Å². The van der Waals surface area contributed by atoms with Gasteiger partial charge in [0, 0.05) is 18.4 Å². The summed E-state index contributed by atoms with van der Waals surface area (Å²) in [4.78, 5) is 0. The fourth-order valence-electron chi connectivity index (χ4n) is 2.64. The molecule has 1 aromatic carbocycles. The highest BCUT2D eigenvalue weighted by Gasteiger charge is 2.18. The van der Waals surface area contributed by atoms with Gasteiger partial charge in [-0.2, -0.15) is 0 Å². The lowest BCUT2D eigenvalue weighted by Gasteiger charge is -2.22. The number of hydrogen-bond acceptors (Lipinski definition) is 6. The number of rotatable bonds is 6. The average molecular weight is 334 g/mol. The largest absolute Gasteiger partial charge is 0.497 e. The molecule has 1 aliphatic heterocycles. The maximum Gasteiger partial charge on any atom is 0.195 e. The first-order valence-electron chi connectivity index (χ1n) is 7.85. The van der Waals surface area contributed by atoms with E-state index in [2.05, 4.69) is 10.2 Å². The molecule has 2 heterocycles. The van der Waals surface area contributed by atoms with Crippen LogP contribution in [-0.2, 0) is 11.3 Å². The Morgan fingerprint density at radius 3 is 3.04 bits per heavy atom. The second-order valence-corrected chi connectivity index (χ2v) is 6.43. The highest BCUT2D eigenvalue weighted by atomic mass is 32.2. The Kier molecular flexibility index (Phi) is 5.53. The van der Waals surface area contributed by atoms with E-state index < -0.39 is 0 Å². The number of aromatic nitrogens is 3. The van der Waals surface area contributed by atoms with Gasteiger partial charge in [0.1, 0.15) is 5.75 Å². The molecule has 6 nitrogen and oxygen atoms in total. The summed E-state index contributed by atoms with van der Waals surface area (Å²) in [5.74, 6) is 2.42. The molecule has 124 valence electrons. The molecule has 7 heteroatoms. The van der Waals surface area contributed by atoms with Crippen LogP contribution in [0, 0.1) is 0 Å². The molecule has 23 heavy (non-hydrogen) atoms. The molecular weight excluding hydrogens is 312 g/mol. The summed E-state index contributed by atoms with van der Waals surface area (Å²) in [6, 6.07) is 7.84. The number of benzene rings is 1. The monoisotopic (exact) mass is 334 g/mol. The molecule has 0 aliphatic carbocycles. The number of nitrogens with two attached hydrogens (primary N) is 1. The molecule has 0 radical (unpaired) electrons. The van der Waals surface area contributed by atoms with Crippen LogP contribution in [0.1, 0.15) is 25.1 Å². The minimum atomic E-state index is 0.297. The Balaban J connectivity index is 1.81. The summed E-state index contributed by atoms with van der Waals surface area (Å²) in [7, 11) is 1.66. The average Bonchev–Trinajstić information content (AvgIpc) is 3.04. The Bertz CT molecular complexity index is 641. The molecule has 1 atom stereocenters. The maximum atomic E-state index is 5.82. The van der Waals surface area contributed by atoms with Crippen molar-refractivity contribution in [3.63, 3.8) is 0 Å². The van der Waals surface area contributed by atoms with Crippen molar-refractivity contribution in [2.45, 2.75) is 37.1 Å². The zero-order valence-electron chi connectivity index (χ0n) is 13.3. The van der Waals surface area contributed by atoms with Crippen molar-refractivity contribution >= 4 is 11.8 Å². The summed E-state index contributed by atoms with van der Waals surface area (Å²) in [5, 5.41) is 9.36. The predicted molar refractivity (Wildman–Crippen MR) is 90.1 cm³/mol. The normalized spacial score (nSPS) is 18.1. The first-order chi connectivity index (χ1) is 11.3. The molecule has 0 unspecified atom stereocenters. The predicted octanol–water partition coefficient (Wildman–Crippen LogP) is 2.40. The van der Waals surface area contributed by atoms with Gasteiger partial charge in [-0.25, -0.2) is 0 Å². The van der Waals surface area contributed by atoms with Crippen molar-refractivity contribution in [2.24, 2.45) is 5.73 Å². The molecule has 1 saturated heterocycles. The van der Waals surface area contributed by atoms with Crippen LogP contribution in [-0.4, -0.2) is 40.3 Å². The van der Waals surface area contributed by atoms with E-state index in [1.54, 1.807) is 18.9 Å². The Hall–Kier alpha value is -1.57. The van der Waals surface area contributed by atoms with Crippen LogP contribution >= 0.6 is 11.8 Å². The second-order valence-electron chi connectivity index (χ2n) is 5.44. The fourth-order valence-corrected chi connectivity index (χ4v) is 3.68. The van der Waals surface area contributed by atoms with E-state index in [9.17, 15) is 0 Å². The third-order valence-electron chi connectivity index (χ3n) is 3.87. The lowest BCUT2D eigenvalue weighted by atomic mass is 10.1. The van der Waals surface area contributed by atoms with Crippen molar-refractivity contribution in [3.05, 3.63) is 30.1 Å². The Morgan fingerprint density at radius 2 is 2.30 bits per heavy atom. The molecule has 2 N–H and O–H groups in total. The molecular formula is C16H22N4O2S. The number of methoxy groups -OCH3 is 1. The summed E-state index contributed by atoms with van der Waals surface area (Å²) >= 11 is 1.67. The smallest absolute Gasteiger partial charge is 0.195 e. The molecule has 0 amide bonds. The van der Waals surface area contributed by atoms with Crippen LogP contribution in [0.15, 0.2) is 29.4 Å². The van der Waals surface area contributed by atoms with E-state index in [0.29, 0.717) is 12.6 Å². The standard InChI is InChI=1S/C16H22N4O2S/c1-21-13-7-4-5-12(9-13)20-15(10-17)18-19-16(20)23-11-14-6-2-3-8-22-14/h4-5,7,9,14H,2-3,6,8,10-11,17H2,1H3/t14-/m1/s1. The molecule has 1 aliphatic rings. The molecule has 0 saturated carbocycles. The van der Waals surface area contributed by atoms with Crippen LogP contribution in [0.3, 0.4) is 0 Å². The summed E-state index contributed by atoms with van der Waals surface area (Å²) in [6.07, 6.45) is 3.82. The van der Waals surface area contributed by atoms with Crippen LogP contribution in [0.25, 0.3) is 5.69 Å². The Labute approximate surface area is 140 Å². The van der Waals surface area contributed by atoms with Crippen LogP contribution in [0.2, 0.25) is 0 Å². The topological polar surface area (TPSA) is 75.2 Å². The second kappa shape index (κ2) is 7.81. The van der Waals surface area contributed by atoms with E-state index in [1.807, 2.05) is 28.8 Å². The fraction of sp³-hybridized carbons (Fsp3) is 0.500. The van der Waals surface area contributed by atoms with Gasteiger partial charge in [0.2, 0.25) is 0 Å². The summed E-state index contributed by atoms with van der Waals surface area (Å²) < 4.78 is 13.1. The number of ether oxygens (including phenoxy) is 2. The summed E-state index contributed by atoms with van der Waals surface area (Å²) in [6.45, 7) is 1.20. The van der Waals surface area contributed by atoms with Crippen molar-refractivity contribution in [3.8, 4) is 11.4 Å². The van der Waals surface area contributed by atoms with Gasteiger partial charge >= 0.3 is 0 Å². The highest BCUT2D eigenvalue weighted by molar-refractivity contribution is 7.99. The van der Waals surface area contributed by atoms with E-state index in [1.165, 1.54) is 12.8 Å². The zero-order valence-corrected chi connectivity index (χ0v) is 14.1. The number of nitrogens with zero attached hydrogens (tertiary/aromatic N) is 3. The van der Waals surface area contributed by atoms with E-state index in [0.717, 1.165) is 41.2 Å². The molecule has 2 aromatic rings. The van der Waals surface area contributed by atoms with Gasteiger partial charge in [-0.1, -0.05) is 17.8 Å². The quantitative estimate of drug-likeness (QED) is 0.818. The van der Waals surface area contributed by atoms with Crippen LogP contribution < -0.4 is 10.5 Å². The van der Waals surface area contributed by atoms with Crippen LogP contribution in [0.4, 0.5) is 0 Å². The van der Waals surface area contributed by atoms with E-state index in [4.69, 9.17) is 15.2 Å². The molecule has 3 rings (SSSR count). The maximum absolute atomic E-state index is 5.82. The van der Waals surface area contributed by atoms with Gasteiger partial charge < -0.3 is 15.2 Å². The van der Waals surface area contributed by atoms with E-state index >= 15 is 0 Å².